The maximum absolute atomic E-state index is 12.5. The first-order valence-electron chi connectivity index (χ1n) is 9.22. The first kappa shape index (κ1) is 23.3. The molecule has 3 aromatic carbocycles. The summed E-state index contributed by atoms with van der Waals surface area (Å²) in [6.07, 6.45) is 1.54. The molecular formula is C24H17Br3N2O2. The molecular weight excluding hydrogens is 588 g/mol. The number of hydrogen-bond acceptors (Lipinski definition) is 3. The molecule has 0 aliphatic rings. The highest BCUT2D eigenvalue weighted by Gasteiger charge is 2.13. The Morgan fingerprint density at radius 1 is 1.06 bits per heavy atom. The highest BCUT2D eigenvalue weighted by atomic mass is 79.9. The van der Waals surface area contributed by atoms with Gasteiger partial charge in [-0.05, 0) is 92.4 Å². The average Bonchev–Trinajstić information content (AvgIpc) is 2.73. The highest BCUT2D eigenvalue weighted by molar-refractivity contribution is 9.11. The van der Waals surface area contributed by atoms with Gasteiger partial charge in [0.2, 0.25) is 0 Å². The van der Waals surface area contributed by atoms with Crippen LogP contribution in [0.5, 0.6) is 5.75 Å². The summed E-state index contributed by atoms with van der Waals surface area (Å²) in [6, 6.07) is 20.8. The molecule has 0 saturated carbocycles. The Hall–Kier alpha value is -2.40. The summed E-state index contributed by atoms with van der Waals surface area (Å²) in [4.78, 5) is 12.5. The zero-order valence-corrected chi connectivity index (χ0v) is 21.2. The van der Waals surface area contributed by atoms with Gasteiger partial charge < -0.3 is 10.1 Å². The van der Waals surface area contributed by atoms with Crippen LogP contribution in [0.2, 0.25) is 0 Å². The number of benzene rings is 3. The molecule has 1 N–H and O–H groups in total. The lowest BCUT2D eigenvalue weighted by molar-refractivity contribution is -0.112. The van der Waals surface area contributed by atoms with Gasteiger partial charge >= 0.3 is 0 Å². The number of aryl methyl sites for hydroxylation is 1. The number of nitriles is 1. The number of ether oxygens (including phenoxy) is 1. The standard InChI is InChI=1S/C24H17Br3N2O2/c1-15-3-2-4-16(9-15)14-31-23-21(26)11-17(12-22(23)27)10-18(13-28)24(30)29-20-7-5-19(25)6-8-20/h2-12H,14H2,1H3,(H,29,30)/b18-10-. The summed E-state index contributed by atoms with van der Waals surface area (Å²) < 4.78 is 8.30. The molecule has 0 bridgehead atoms. The smallest absolute Gasteiger partial charge is 0.266 e. The summed E-state index contributed by atoms with van der Waals surface area (Å²) in [5.74, 6) is 0.174. The SMILES string of the molecule is Cc1cccc(COc2c(Br)cc(/C=C(/C#N)C(=O)Nc3ccc(Br)cc3)cc2Br)c1. The average molecular weight is 605 g/mol. The van der Waals surface area contributed by atoms with E-state index in [2.05, 4.69) is 59.2 Å². The van der Waals surface area contributed by atoms with E-state index >= 15 is 0 Å². The topological polar surface area (TPSA) is 62.1 Å². The van der Waals surface area contributed by atoms with Crippen LogP contribution in [-0.2, 0) is 11.4 Å². The number of nitrogens with one attached hydrogen (secondary N) is 1. The van der Waals surface area contributed by atoms with Crippen molar-refractivity contribution in [3.8, 4) is 11.8 Å². The van der Waals surface area contributed by atoms with E-state index in [-0.39, 0.29) is 5.57 Å². The van der Waals surface area contributed by atoms with Gasteiger partial charge in [0.25, 0.3) is 5.91 Å². The van der Waals surface area contributed by atoms with Crippen molar-refractivity contribution in [3.63, 3.8) is 0 Å². The number of halogens is 3. The number of rotatable bonds is 6. The normalized spacial score (nSPS) is 11.0. The van der Waals surface area contributed by atoms with Crippen molar-refractivity contribution in [2.75, 3.05) is 5.32 Å². The van der Waals surface area contributed by atoms with E-state index in [1.807, 2.05) is 43.3 Å². The van der Waals surface area contributed by atoms with E-state index in [1.54, 1.807) is 24.3 Å². The number of nitrogens with zero attached hydrogens (tertiary/aromatic N) is 1. The first-order chi connectivity index (χ1) is 14.9. The van der Waals surface area contributed by atoms with Gasteiger partial charge in [0.1, 0.15) is 24.0 Å². The van der Waals surface area contributed by atoms with Crippen LogP contribution in [0.3, 0.4) is 0 Å². The Morgan fingerprint density at radius 2 is 1.74 bits per heavy atom. The number of carbonyl (C=O) groups is 1. The Morgan fingerprint density at radius 3 is 2.35 bits per heavy atom. The Kier molecular flexibility index (Phi) is 8.08. The van der Waals surface area contributed by atoms with Crippen molar-refractivity contribution >= 4 is 65.5 Å². The molecule has 4 nitrogen and oxygen atoms in total. The largest absolute Gasteiger partial charge is 0.487 e. The molecule has 7 heteroatoms. The highest BCUT2D eigenvalue weighted by Crippen LogP contribution is 2.36. The van der Waals surface area contributed by atoms with Crippen LogP contribution in [0.25, 0.3) is 6.08 Å². The predicted molar refractivity (Wildman–Crippen MR) is 134 cm³/mol. The lowest BCUT2D eigenvalue weighted by Crippen LogP contribution is -2.13. The third kappa shape index (κ3) is 6.54. The molecule has 0 unspecified atom stereocenters. The van der Waals surface area contributed by atoms with Crippen LogP contribution in [0.1, 0.15) is 16.7 Å². The molecule has 3 aromatic rings. The molecule has 0 radical (unpaired) electrons. The predicted octanol–water partition coefficient (Wildman–Crippen LogP) is 7.41. The number of carbonyl (C=O) groups excluding carboxylic acids is 1. The van der Waals surface area contributed by atoms with Crippen LogP contribution in [0, 0.1) is 18.3 Å². The maximum atomic E-state index is 12.5. The molecule has 0 fully saturated rings. The Balaban J connectivity index is 1.76. The van der Waals surface area contributed by atoms with Gasteiger partial charge in [0.05, 0.1) is 8.95 Å². The minimum Gasteiger partial charge on any atom is -0.487 e. The Bertz CT molecular complexity index is 1160. The van der Waals surface area contributed by atoms with E-state index in [4.69, 9.17) is 4.74 Å². The first-order valence-corrected chi connectivity index (χ1v) is 11.6. The third-order valence-corrected chi connectivity index (χ3v) is 5.97. The van der Waals surface area contributed by atoms with Crippen molar-refractivity contribution in [2.45, 2.75) is 13.5 Å². The molecule has 0 atom stereocenters. The van der Waals surface area contributed by atoms with Crippen molar-refractivity contribution in [3.05, 3.63) is 96.3 Å². The molecule has 0 aliphatic heterocycles. The van der Waals surface area contributed by atoms with E-state index in [0.717, 1.165) is 10.0 Å². The Labute approximate surface area is 206 Å². The second-order valence-electron chi connectivity index (χ2n) is 6.72. The fourth-order valence-corrected chi connectivity index (χ4v) is 4.52. The van der Waals surface area contributed by atoms with Gasteiger partial charge in [0.15, 0.2) is 0 Å². The van der Waals surface area contributed by atoms with Crippen LogP contribution in [0.15, 0.2) is 79.7 Å². The van der Waals surface area contributed by atoms with Crippen molar-refractivity contribution in [1.82, 2.24) is 0 Å². The second-order valence-corrected chi connectivity index (χ2v) is 9.35. The van der Waals surface area contributed by atoms with E-state index in [9.17, 15) is 10.1 Å². The van der Waals surface area contributed by atoms with Crippen LogP contribution >= 0.6 is 47.8 Å². The molecule has 0 aromatic heterocycles. The van der Waals surface area contributed by atoms with E-state index in [1.165, 1.54) is 11.6 Å². The number of hydrogen-bond donors (Lipinski definition) is 1. The molecule has 0 spiro atoms. The summed E-state index contributed by atoms with van der Waals surface area (Å²) in [7, 11) is 0. The minimum atomic E-state index is -0.475. The number of anilines is 1. The monoisotopic (exact) mass is 602 g/mol. The van der Waals surface area contributed by atoms with Crippen molar-refractivity contribution in [1.29, 1.82) is 5.26 Å². The summed E-state index contributed by atoms with van der Waals surface area (Å²) >= 11 is 10.4. The zero-order chi connectivity index (χ0) is 22.4. The summed E-state index contributed by atoms with van der Waals surface area (Å²) in [5.41, 5.74) is 3.53. The van der Waals surface area contributed by atoms with Crippen LogP contribution in [0.4, 0.5) is 5.69 Å². The van der Waals surface area contributed by atoms with Crippen LogP contribution in [-0.4, -0.2) is 5.91 Å². The van der Waals surface area contributed by atoms with E-state index < -0.39 is 5.91 Å². The fraction of sp³-hybridized carbons (Fsp3) is 0.0833. The number of amides is 1. The van der Waals surface area contributed by atoms with Gasteiger partial charge in [-0.2, -0.15) is 5.26 Å². The maximum Gasteiger partial charge on any atom is 0.266 e. The van der Waals surface area contributed by atoms with Gasteiger partial charge in [-0.3, -0.25) is 4.79 Å². The molecule has 1 amide bonds. The van der Waals surface area contributed by atoms with Gasteiger partial charge in [-0.15, -0.1) is 0 Å². The quantitative estimate of drug-likeness (QED) is 0.235. The molecule has 0 aliphatic carbocycles. The summed E-state index contributed by atoms with van der Waals surface area (Å²) in [6.45, 7) is 2.46. The lowest BCUT2D eigenvalue weighted by Gasteiger charge is -2.12. The fourth-order valence-electron chi connectivity index (χ4n) is 2.81. The van der Waals surface area contributed by atoms with Gasteiger partial charge in [-0.25, -0.2) is 0 Å². The zero-order valence-electron chi connectivity index (χ0n) is 16.5. The van der Waals surface area contributed by atoms with Gasteiger partial charge in [-0.1, -0.05) is 45.8 Å². The van der Waals surface area contributed by atoms with Crippen molar-refractivity contribution in [2.24, 2.45) is 0 Å². The molecule has 156 valence electrons. The molecule has 0 heterocycles. The van der Waals surface area contributed by atoms with Gasteiger partial charge in [0, 0.05) is 10.2 Å². The molecule has 0 saturated heterocycles. The lowest BCUT2D eigenvalue weighted by atomic mass is 10.1. The van der Waals surface area contributed by atoms with E-state index in [0.29, 0.717) is 32.6 Å². The van der Waals surface area contributed by atoms with Crippen LogP contribution < -0.4 is 10.1 Å². The third-order valence-electron chi connectivity index (χ3n) is 4.26. The minimum absolute atomic E-state index is 0.00449. The second kappa shape index (κ2) is 10.8. The van der Waals surface area contributed by atoms with Crippen molar-refractivity contribution < 1.29 is 9.53 Å². The summed E-state index contributed by atoms with van der Waals surface area (Å²) in [5, 5.41) is 12.2. The molecule has 3 rings (SSSR count). The molecule has 31 heavy (non-hydrogen) atoms.